The van der Waals surface area contributed by atoms with Crippen LogP contribution in [0.3, 0.4) is 0 Å². The van der Waals surface area contributed by atoms with E-state index in [1.807, 2.05) is 6.07 Å². The van der Waals surface area contributed by atoms with Gasteiger partial charge in [0, 0.05) is 19.1 Å². The molecule has 1 atom stereocenters. The summed E-state index contributed by atoms with van der Waals surface area (Å²) in [5, 5.41) is 0. The van der Waals surface area contributed by atoms with Gasteiger partial charge < -0.3 is 9.80 Å². The van der Waals surface area contributed by atoms with Crippen LogP contribution in [0.2, 0.25) is 0 Å². The predicted molar refractivity (Wildman–Crippen MR) is 89.7 cm³/mol. The van der Waals surface area contributed by atoms with Crippen molar-refractivity contribution in [2.75, 3.05) is 26.2 Å². The third-order valence-corrected chi connectivity index (χ3v) is 5.11. The maximum absolute atomic E-state index is 13.3. The Bertz CT molecular complexity index is 528. The molecule has 1 aromatic carbocycles. The zero-order chi connectivity index (χ0) is 16.1. The predicted octanol–water partition coefficient (Wildman–Crippen LogP) is 3.24. The molecule has 0 aliphatic carbocycles. The van der Waals surface area contributed by atoms with Crippen LogP contribution in [0.25, 0.3) is 0 Å². The van der Waals surface area contributed by atoms with Gasteiger partial charge >= 0.3 is 0 Å². The number of nitrogens with zero attached hydrogens (tertiary/aromatic N) is 2. The van der Waals surface area contributed by atoms with E-state index in [0.717, 1.165) is 31.5 Å². The Morgan fingerprint density at radius 1 is 1.09 bits per heavy atom. The monoisotopic (exact) mass is 318 g/mol. The number of carbonyl (C=O) groups excluding carboxylic acids is 1. The number of hydrogen-bond donors (Lipinski definition) is 0. The molecule has 0 radical (unpaired) electrons. The van der Waals surface area contributed by atoms with Gasteiger partial charge in [-0.15, -0.1) is 0 Å². The van der Waals surface area contributed by atoms with E-state index < -0.39 is 0 Å². The molecule has 2 aliphatic heterocycles. The van der Waals surface area contributed by atoms with E-state index >= 15 is 0 Å². The van der Waals surface area contributed by atoms with Crippen molar-refractivity contribution < 1.29 is 9.18 Å². The quantitative estimate of drug-likeness (QED) is 0.851. The standard InChI is InChI=1S/C19H27FN2O/c20-17-8-6-7-16(13-17)14-19(23)22-12-3-1-2-9-18(22)15-21-10-4-5-11-21/h6-8,13,18H,1-5,9-12,14-15H2. The molecular formula is C19H27FN2O. The number of likely N-dealkylation sites (tertiary alicyclic amines) is 2. The highest BCUT2D eigenvalue weighted by molar-refractivity contribution is 5.79. The minimum absolute atomic E-state index is 0.154. The molecule has 1 aromatic rings. The second kappa shape index (κ2) is 7.91. The molecule has 23 heavy (non-hydrogen) atoms. The maximum atomic E-state index is 13.3. The summed E-state index contributed by atoms with van der Waals surface area (Å²) < 4.78 is 13.3. The van der Waals surface area contributed by atoms with Crippen LogP contribution >= 0.6 is 0 Å². The minimum Gasteiger partial charge on any atom is -0.338 e. The Morgan fingerprint density at radius 2 is 1.87 bits per heavy atom. The Morgan fingerprint density at radius 3 is 2.65 bits per heavy atom. The van der Waals surface area contributed by atoms with E-state index in [2.05, 4.69) is 9.80 Å². The van der Waals surface area contributed by atoms with Crippen molar-refractivity contribution in [1.82, 2.24) is 9.80 Å². The number of amides is 1. The molecule has 0 saturated carbocycles. The first-order valence-corrected chi connectivity index (χ1v) is 8.98. The third-order valence-electron chi connectivity index (χ3n) is 5.11. The Hall–Kier alpha value is -1.42. The van der Waals surface area contributed by atoms with Crippen LogP contribution in [-0.4, -0.2) is 47.9 Å². The van der Waals surface area contributed by atoms with E-state index in [4.69, 9.17) is 0 Å². The summed E-state index contributed by atoms with van der Waals surface area (Å²) in [5.41, 5.74) is 0.777. The molecule has 126 valence electrons. The minimum atomic E-state index is -0.264. The molecule has 1 amide bonds. The van der Waals surface area contributed by atoms with Crippen LogP contribution in [-0.2, 0) is 11.2 Å². The van der Waals surface area contributed by atoms with Gasteiger partial charge in [0.2, 0.25) is 5.91 Å². The molecule has 0 bridgehead atoms. The fourth-order valence-corrected chi connectivity index (χ4v) is 3.88. The highest BCUT2D eigenvalue weighted by Crippen LogP contribution is 2.21. The van der Waals surface area contributed by atoms with Crippen LogP contribution in [0.4, 0.5) is 4.39 Å². The summed E-state index contributed by atoms with van der Waals surface area (Å²) in [6.45, 7) is 4.20. The van der Waals surface area contributed by atoms with Gasteiger partial charge in [-0.1, -0.05) is 25.0 Å². The molecule has 0 N–H and O–H groups in total. The summed E-state index contributed by atoms with van der Waals surface area (Å²) in [5.74, 6) is -0.110. The van der Waals surface area contributed by atoms with Crippen LogP contribution in [0.1, 0.15) is 44.1 Å². The molecule has 0 aromatic heterocycles. The van der Waals surface area contributed by atoms with E-state index in [9.17, 15) is 9.18 Å². The lowest BCUT2D eigenvalue weighted by atomic mass is 10.1. The highest BCUT2D eigenvalue weighted by atomic mass is 19.1. The number of hydrogen-bond acceptors (Lipinski definition) is 2. The summed E-state index contributed by atoms with van der Waals surface area (Å²) in [4.78, 5) is 17.4. The first-order chi connectivity index (χ1) is 11.2. The molecule has 2 heterocycles. The Labute approximate surface area is 138 Å². The summed E-state index contributed by atoms with van der Waals surface area (Å²) >= 11 is 0. The number of benzene rings is 1. The Balaban J connectivity index is 1.66. The summed E-state index contributed by atoms with van der Waals surface area (Å²) in [6, 6.07) is 6.76. The lowest BCUT2D eigenvalue weighted by molar-refractivity contribution is -0.133. The average molecular weight is 318 g/mol. The number of rotatable bonds is 4. The first kappa shape index (κ1) is 16.4. The van der Waals surface area contributed by atoms with Crippen LogP contribution in [0.5, 0.6) is 0 Å². The molecule has 3 nitrogen and oxygen atoms in total. The molecule has 2 saturated heterocycles. The molecule has 3 rings (SSSR count). The summed E-state index contributed by atoms with van der Waals surface area (Å²) in [7, 11) is 0. The SMILES string of the molecule is O=C(Cc1cccc(F)c1)N1CCCCCC1CN1CCCC1. The Kier molecular flexibility index (Phi) is 5.65. The molecular weight excluding hydrogens is 291 g/mol. The smallest absolute Gasteiger partial charge is 0.227 e. The van der Waals surface area contributed by atoms with Gasteiger partial charge in [-0.25, -0.2) is 4.39 Å². The lowest BCUT2D eigenvalue weighted by Crippen LogP contribution is -2.46. The fraction of sp³-hybridized carbons (Fsp3) is 0.632. The van der Waals surface area contributed by atoms with Gasteiger partial charge in [0.1, 0.15) is 5.82 Å². The van der Waals surface area contributed by atoms with E-state index in [1.54, 1.807) is 6.07 Å². The highest BCUT2D eigenvalue weighted by Gasteiger charge is 2.27. The van der Waals surface area contributed by atoms with E-state index in [-0.39, 0.29) is 11.7 Å². The molecule has 2 aliphatic rings. The number of carbonyl (C=O) groups is 1. The second-order valence-corrected chi connectivity index (χ2v) is 6.90. The average Bonchev–Trinajstić information content (AvgIpc) is 2.92. The largest absolute Gasteiger partial charge is 0.338 e. The lowest BCUT2D eigenvalue weighted by Gasteiger charge is -2.33. The molecule has 2 fully saturated rings. The van der Waals surface area contributed by atoms with Crippen molar-refractivity contribution in [2.45, 2.75) is 51.0 Å². The molecule has 0 spiro atoms. The first-order valence-electron chi connectivity index (χ1n) is 8.98. The van der Waals surface area contributed by atoms with Gasteiger partial charge in [0.25, 0.3) is 0 Å². The molecule has 4 heteroatoms. The normalized spacial score (nSPS) is 23.0. The van der Waals surface area contributed by atoms with Crippen LogP contribution in [0.15, 0.2) is 24.3 Å². The number of halogens is 1. The van der Waals surface area contributed by atoms with Crippen molar-refractivity contribution in [3.05, 3.63) is 35.6 Å². The van der Waals surface area contributed by atoms with Gasteiger partial charge in [0.15, 0.2) is 0 Å². The van der Waals surface area contributed by atoms with Crippen molar-refractivity contribution >= 4 is 5.91 Å². The van der Waals surface area contributed by atoms with Gasteiger partial charge in [-0.2, -0.15) is 0 Å². The van der Waals surface area contributed by atoms with Gasteiger partial charge in [-0.05, 0) is 56.5 Å². The van der Waals surface area contributed by atoms with Crippen molar-refractivity contribution in [3.63, 3.8) is 0 Å². The van der Waals surface area contributed by atoms with E-state index in [1.165, 1.54) is 50.9 Å². The van der Waals surface area contributed by atoms with Gasteiger partial charge in [-0.3, -0.25) is 4.79 Å². The maximum Gasteiger partial charge on any atom is 0.227 e. The third kappa shape index (κ3) is 4.54. The fourth-order valence-electron chi connectivity index (χ4n) is 3.88. The van der Waals surface area contributed by atoms with Gasteiger partial charge in [0.05, 0.1) is 6.42 Å². The van der Waals surface area contributed by atoms with Crippen molar-refractivity contribution in [1.29, 1.82) is 0 Å². The zero-order valence-electron chi connectivity index (χ0n) is 13.8. The van der Waals surface area contributed by atoms with E-state index in [0.29, 0.717) is 12.5 Å². The van der Waals surface area contributed by atoms with Crippen LogP contribution in [0, 0.1) is 5.82 Å². The van der Waals surface area contributed by atoms with Crippen LogP contribution < -0.4 is 0 Å². The second-order valence-electron chi connectivity index (χ2n) is 6.90. The topological polar surface area (TPSA) is 23.6 Å². The zero-order valence-corrected chi connectivity index (χ0v) is 13.8. The molecule has 1 unspecified atom stereocenters. The van der Waals surface area contributed by atoms with Crippen molar-refractivity contribution in [2.24, 2.45) is 0 Å². The summed E-state index contributed by atoms with van der Waals surface area (Å²) in [6.07, 6.45) is 7.49. The van der Waals surface area contributed by atoms with Crippen molar-refractivity contribution in [3.8, 4) is 0 Å².